The molecule has 1 unspecified atom stereocenters. The molecule has 1 N–H and O–H groups in total. The van der Waals surface area contributed by atoms with Gasteiger partial charge in [-0.1, -0.05) is 72.8 Å². The maximum absolute atomic E-state index is 13.8. The molecule has 1 saturated carbocycles. The Morgan fingerprint density at radius 3 is 2.21 bits per heavy atom. The van der Waals surface area contributed by atoms with Gasteiger partial charge < -0.3 is 24.1 Å². The summed E-state index contributed by atoms with van der Waals surface area (Å²) in [5, 5.41) is 12.5. The molecule has 0 bridgehead atoms. The Kier molecular flexibility index (Phi) is 5.84. The van der Waals surface area contributed by atoms with Crippen molar-refractivity contribution < 1.29 is 28.8 Å². The zero-order chi connectivity index (χ0) is 26.3. The van der Waals surface area contributed by atoms with Crippen LogP contribution in [0.1, 0.15) is 34.6 Å². The summed E-state index contributed by atoms with van der Waals surface area (Å²) >= 11 is 0. The van der Waals surface area contributed by atoms with Crippen molar-refractivity contribution in [1.82, 2.24) is 0 Å². The number of hydrogen-bond acceptors (Lipinski definition) is 6. The molecule has 6 heteroatoms. The van der Waals surface area contributed by atoms with Crippen LogP contribution in [0.25, 0.3) is 0 Å². The minimum absolute atomic E-state index is 0.112. The van der Waals surface area contributed by atoms with Crippen LogP contribution in [0.4, 0.5) is 0 Å². The standard InChI is InChI=1S/C32H28O6/c1-35-24-15-13-23(14-16-24)32-26(22-11-7-4-8-12-22)19-29(33)31(32,34)30-27(36-2)17-25(18-28(30)38-32)37-20-21-9-5-3-6-10-21/h3-18,26,34H,19-20H2,1-2H3/t26?,31-,32+/m1/s1. The molecular weight excluding hydrogens is 480 g/mol. The molecule has 2 aliphatic rings. The Morgan fingerprint density at radius 2 is 1.55 bits per heavy atom. The largest absolute Gasteiger partial charge is 0.497 e. The molecule has 0 aromatic heterocycles. The van der Waals surface area contributed by atoms with Gasteiger partial charge in [0.2, 0.25) is 0 Å². The molecule has 1 aliphatic heterocycles. The third-order valence-corrected chi connectivity index (χ3v) is 7.68. The normalized spacial score (nSPS) is 23.3. The molecule has 6 rings (SSSR count). The smallest absolute Gasteiger partial charge is 0.200 e. The molecule has 1 heterocycles. The van der Waals surface area contributed by atoms with Gasteiger partial charge in [-0.15, -0.1) is 0 Å². The van der Waals surface area contributed by atoms with Crippen molar-refractivity contribution in [3.63, 3.8) is 0 Å². The van der Waals surface area contributed by atoms with Crippen molar-refractivity contribution in [2.75, 3.05) is 14.2 Å². The number of rotatable bonds is 7. The van der Waals surface area contributed by atoms with E-state index >= 15 is 0 Å². The Bertz CT molecular complexity index is 1470. The SMILES string of the molecule is COc1ccc([C@@]23Oc4cc(OCc5ccccc5)cc(OC)c4[C@]2(O)C(=O)CC3c2ccccc2)cc1. The number of carbonyl (C=O) groups excluding carboxylic acids is 1. The molecule has 192 valence electrons. The average molecular weight is 509 g/mol. The third-order valence-electron chi connectivity index (χ3n) is 7.68. The minimum atomic E-state index is -1.97. The van der Waals surface area contributed by atoms with E-state index in [-0.39, 0.29) is 12.2 Å². The summed E-state index contributed by atoms with van der Waals surface area (Å²) in [6.45, 7) is 0.349. The first kappa shape index (κ1) is 24.1. The van der Waals surface area contributed by atoms with Crippen LogP contribution >= 0.6 is 0 Å². The summed E-state index contributed by atoms with van der Waals surface area (Å²) in [6.07, 6.45) is 0.112. The van der Waals surface area contributed by atoms with Crippen LogP contribution < -0.4 is 18.9 Å². The molecule has 0 saturated heterocycles. The number of benzene rings is 4. The van der Waals surface area contributed by atoms with Crippen LogP contribution in [0.3, 0.4) is 0 Å². The van der Waals surface area contributed by atoms with Crippen LogP contribution in [0.5, 0.6) is 23.0 Å². The Labute approximate surface area is 221 Å². The summed E-state index contributed by atoms with van der Waals surface area (Å²) in [6, 6.07) is 30.3. The first-order valence-electron chi connectivity index (χ1n) is 12.5. The van der Waals surface area contributed by atoms with E-state index in [1.165, 1.54) is 7.11 Å². The highest BCUT2D eigenvalue weighted by atomic mass is 16.5. The highest BCUT2D eigenvalue weighted by Gasteiger charge is 2.74. The molecule has 6 nitrogen and oxygen atoms in total. The molecule has 0 spiro atoms. The lowest BCUT2D eigenvalue weighted by Crippen LogP contribution is -2.50. The average Bonchev–Trinajstić information content (AvgIpc) is 3.37. The summed E-state index contributed by atoms with van der Waals surface area (Å²) in [4.78, 5) is 13.8. The Morgan fingerprint density at radius 1 is 0.868 bits per heavy atom. The summed E-state index contributed by atoms with van der Waals surface area (Å²) in [5.74, 6) is 1.11. The van der Waals surface area contributed by atoms with Crippen LogP contribution in [-0.4, -0.2) is 25.1 Å². The quantitative estimate of drug-likeness (QED) is 0.355. The van der Waals surface area contributed by atoms with E-state index in [4.69, 9.17) is 18.9 Å². The van der Waals surface area contributed by atoms with E-state index in [0.29, 0.717) is 40.7 Å². The lowest BCUT2D eigenvalue weighted by atomic mass is 9.71. The number of aliphatic hydroxyl groups is 1. The number of methoxy groups -OCH3 is 2. The van der Waals surface area contributed by atoms with E-state index < -0.39 is 17.1 Å². The molecule has 38 heavy (non-hydrogen) atoms. The number of carbonyl (C=O) groups is 1. The minimum Gasteiger partial charge on any atom is -0.497 e. The predicted molar refractivity (Wildman–Crippen MR) is 142 cm³/mol. The van der Waals surface area contributed by atoms with E-state index in [9.17, 15) is 9.90 Å². The number of ether oxygens (including phenoxy) is 4. The second kappa shape index (κ2) is 9.23. The Hall–Kier alpha value is -4.29. The lowest BCUT2D eigenvalue weighted by Gasteiger charge is -2.39. The molecule has 4 aromatic rings. The van der Waals surface area contributed by atoms with Crippen molar-refractivity contribution in [2.24, 2.45) is 0 Å². The van der Waals surface area contributed by atoms with E-state index in [0.717, 1.165) is 11.1 Å². The van der Waals surface area contributed by atoms with Gasteiger partial charge in [0, 0.05) is 30.0 Å². The van der Waals surface area contributed by atoms with Crippen molar-refractivity contribution in [1.29, 1.82) is 0 Å². The molecule has 1 aliphatic carbocycles. The zero-order valence-corrected chi connectivity index (χ0v) is 21.2. The zero-order valence-electron chi connectivity index (χ0n) is 21.2. The van der Waals surface area contributed by atoms with E-state index in [1.807, 2.05) is 84.9 Å². The molecule has 0 radical (unpaired) electrons. The molecule has 1 fully saturated rings. The number of Topliss-reactive ketones (excluding diaryl/α,β-unsaturated/α-hetero) is 1. The number of fused-ring (bicyclic) bond motifs is 3. The van der Waals surface area contributed by atoms with Gasteiger partial charge in [0.15, 0.2) is 17.0 Å². The van der Waals surface area contributed by atoms with Crippen molar-refractivity contribution in [2.45, 2.75) is 30.1 Å². The van der Waals surface area contributed by atoms with Crippen molar-refractivity contribution >= 4 is 5.78 Å². The second-order valence-electron chi connectivity index (χ2n) is 9.64. The fraction of sp³-hybridized carbons (Fsp3) is 0.219. The maximum atomic E-state index is 13.8. The second-order valence-corrected chi connectivity index (χ2v) is 9.64. The van der Waals surface area contributed by atoms with E-state index in [1.54, 1.807) is 19.2 Å². The number of hydrogen-bond donors (Lipinski definition) is 1. The first-order valence-corrected chi connectivity index (χ1v) is 12.5. The molecular formula is C32H28O6. The van der Waals surface area contributed by atoms with Gasteiger partial charge in [-0.05, 0) is 23.3 Å². The molecule has 0 amide bonds. The van der Waals surface area contributed by atoms with Gasteiger partial charge in [-0.2, -0.15) is 0 Å². The maximum Gasteiger partial charge on any atom is 0.200 e. The van der Waals surface area contributed by atoms with Crippen molar-refractivity contribution in [3.05, 3.63) is 119 Å². The number of ketones is 1. The third kappa shape index (κ3) is 3.48. The first-order chi connectivity index (χ1) is 18.5. The Balaban J connectivity index is 1.51. The van der Waals surface area contributed by atoms with Crippen LogP contribution in [0.2, 0.25) is 0 Å². The van der Waals surface area contributed by atoms with Crippen LogP contribution in [0, 0.1) is 0 Å². The highest BCUT2D eigenvalue weighted by molar-refractivity contribution is 5.97. The van der Waals surface area contributed by atoms with Gasteiger partial charge in [0.1, 0.15) is 29.6 Å². The van der Waals surface area contributed by atoms with Crippen LogP contribution in [-0.2, 0) is 22.6 Å². The molecule has 4 aromatic carbocycles. The van der Waals surface area contributed by atoms with Gasteiger partial charge in [-0.3, -0.25) is 4.79 Å². The monoisotopic (exact) mass is 508 g/mol. The van der Waals surface area contributed by atoms with Crippen LogP contribution in [0.15, 0.2) is 97.1 Å². The van der Waals surface area contributed by atoms with Gasteiger partial charge in [0.05, 0.1) is 19.8 Å². The lowest BCUT2D eigenvalue weighted by molar-refractivity contribution is -0.151. The van der Waals surface area contributed by atoms with Gasteiger partial charge in [0.25, 0.3) is 0 Å². The van der Waals surface area contributed by atoms with Crippen molar-refractivity contribution in [3.8, 4) is 23.0 Å². The predicted octanol–water partition coefficient (Wildman–Crippen LogP) is 5.51. The van der Waals surface area contributed by atoms with E-state index in [2.05, 4.69) is 0 Å². The van der Waals surface area contributed by atoms with Gasteiger partial charge >= 0.3 is 0 Å². The summed E-state index contributed by atoms with van der Waals surface area (Å²) in [5.41, 5.74) is -0.472. The molecule has 3 atom stereocenters. The summed E-state index contributed by atoms with van der Waals surface area (Å²) in [7, 11) is 3.11. The van der Waals surface area contributed by atoms with Gasteiger partial charge in [-0.25, -0.2) is 0 Å². The fourth-order valence-electron chi connectivity index (χ4n) is 5.91. The topological polar surface area (TPSA) is 74.2 Å². The summed E-state index contributed by atoms with van der Waals surface area (Å²) < 4.78 is 24.0. The fourth-order valence-corrected chi connectivity index (χ4v) is 5.91. The highest BCUT2D eigenvalue weighted by Crippen LogP contribution is 2.67.